The van der Waals surface area contributed by atoms with Crippen molar-refractivity contribution in [3.05, 3.63) is 71.8 Å². The third-order valence-electron chi connectivity index (χ3n) is 2.52. The van der Waals surface area contributed by atoms with Crippen molar-refractivity contribution in [2.45, 2.75) is 0 Å². The van der Waals surface area contributed by atoms with Crippen molar-refractivity contribution in [3.8, 4) is 0 Å². The lowest BCUT2D eigenvalue weighted by Gasteiger charge is -2.05. The molecule has 2 N–H and O–H groups in total. The molecule has 0 spiro atoms. The topological polar surface area (TPSA) is 52.3 Å². The van der Waals surface area contributed by atoms with Gasteiger partial charge < -0.3 is 4.84 Å². The molecule has 90 valence electrons. The van der Waals surface area contributed by atoms with E-state index < -0.39 is 5.97 Å². The molecule has 3 heteroatoms. The highest BCUT2D eigenvalue weighted by Gasteiger charge is 2.12. The molecule has 0 aliphatic rings. The van der Waals surface area contributed by atoms with Crippen LogP contribution in [0.15, 0.2) is 60.7 Å². The summed E-state index contributed by atoms with van der Waals surface area (Å²) in [5, 5.41) is 0. The van der Waals surface area contributed by atoms with E-state index in [2.05, 4.69) is 4.84 Å². The summed E-state index contributed by atoms with van der Waals surface area (Å²) in [5.41, 5.74) is 2.13. The lowest BCUT2D eigenvalue weighted by molar-refractivity contribution is -0.137. The van der Waals surface area contributed by atoms with Crippen molar-refractivity contribution in [1.82, 2.24) is 0 Å². The van der Waals surface area contributed by atoms with Gasteiger partial charge in [-0.15, -0.1) is 0 Å². The van der Waals surface area contributed by atoms with Crippen molar-refractivity contribution in [1.29, 1.82) is 0 Å². The summed E-state index contributed by atoms with van der Waals surface area (Å²) in [6.45, 7) is 0. The first-order valence-corrected chi connectivity index (χ1v) is 5.54. The summed E-state index contributed by atoms with van der Waals surface area (Å²) in [5.74, 6) is 4.42. The van der Waals surface area contributed by atoms with Crippen LogP contribution in [0.25, 0.3) is 11.6 Å². The van der Waals surface area contributed by atoms with Crippen LogP contribution in [0.5, 0.6) is 0 Å². The maximum absolute atomic E-state index is 11.7. The second-order valence-corrected chi connectivity index (χ2v) is 3.74. The maximum Gasteiger partial charge on any atom is 0.357 e. The molecule has 0 saturated carbocycles. The summed E-state index contributed by atoms with van der Waals surface area (Å²) in [7, 11) is 0. The molecule has 3 nitrogen and oxygen atoms in total. The van der Waals surface area contributed by atoms with E-state index in [0.717, 1.165) is 11.1 Å². The van der Waals surface area contributed by atoms with Crippen LogP contribution in [-0.2, 0) is 9.63 Å². The van der Waals surface area contributed by atoms with Crippen molar-refractivity contribution in [2.75, 3.05) is 0 Å². The van der Waals surface area contributed by atoms with Gasteiger partial charge >= 0.3 is 5.97 Å². The average Bonchev–Trinajstić information content (AvgIpc) is 2.46. The number of nitrogens with two attached hydrogens (primary N) is 1. The fraction of sp³-hybridized carbons (Fsp3) is 0. The van der Waals surface area contributed by atoms with E-state index in [1.807, 2.05) is 60.7 Å². The molecule has 0 heterocycles. The normalized spacial score (nSPS) is 11.1. The van der Waals surface area contributed by atoms with Gasteiger partial charge in [-0.1, -0.05) is 60.7 Å². The third kappa shape index (κ3) is 2.84. The van der Waals surface area contributed by atoms with Gasteiger partial charge in [-0.2, -0.15) is 5.90 Å². The Balaban J connectivity index is 2.44. The Morgan fingerprint density at radius 3 is 2.06 bits per heavy atom. The van der Waals surface area contributed by atoms with Crippen molar-refractivity contribution in [2.24, 2.45) is 5.90 Å². The number of carbonyl (C=O) groups excluding carboxylic acids is 1. The summed E-state index contributed by atoms with van der Waals surface area (Å²) in [6.07, 6.45) is 1.75. The standard InChI is InChI=1S/C15H13NO2/c16-18-15(17)14(13-9-5-2-6-10-13)11-12-7-3-1-4-8-12/h1-11H,16H2/b14-11+. The van der Waals surface area contributed by atoms with Crippen LogP contribution >= 0.6 is 0 Å². The van der Waals surface area contributed by atoms with E-state index in [-0.39, 0.29) is 0 Å². The zero-order valence-electron chi connectivity index (χ0n) is 9.74. The first kappa shape index (κ1) is 12.1. The maximum atomic E-state index is 11.7. The van der Waals surface area contributed by atoms with Crippen LogP contribution in [0.4, 0.5) is 0 Å². The Bertz CT molecular complexity index is 547. The largest absolute Gasteiger partial charge is 0.370 e. The molecule has 0 aromatic heterocycles. The molecule has 0 amide bonds. The van der Waals surface area contributed by atoms with E-state index in [1.165, 1.54) is 0 Å². The molecule has 18 heavy (non-hydrogen) atoms. The number of hydrogen-bond acceptors (Lipinski definition) is 3. The first-order chi connectivity index (χ1) is 8.81. The zero-order chi connectivity index (χ0) is 12.8. The predicted molar refractivity (Wildman–Crippen MR) is 71.0 cm³/mol. The smallest absolute Gasteiger partial charge is 0.357 e. The second kappa shape index (κ2) is 5.80. The number of benzene rings is 2. The highest BCUT2D eigenvalue weighted by molar-refractivity contribution is 6.21. The number of rotatable bonds is 3. The minimum absolute atomic E-state index is 0.435. The van der Waals surface area contributed by atoms with Crippen LogP contribution < -0.4 is 5.90 Å². The highest BCUT2D eigenvalue weighted by atomic mass is 16.7. The summed E-state index contributed by atoms with van der Waals surface area (Å²) in [4.78, 5) is 16.0. The van der Waals surface area contributed by atoms with Crippen LogP contribution in [0.1, 0.15) is 11.1 Å². The molecule has 0 aliphatic carbocycles. The van der Waals surface area contributed by atoms with E-state index >= 15 is 0 Å². The molecule has 0 fully saturated rings. The molecule has 0 aliphatic heterocycles. The van der Waals surface area contributed by atoms with E-state index in [9.17, 15) is 4.79 Å². The van der Waals surface area contributed by atoms with Crippen LogP contribution in [-0.4, -0.2) is 5.97 Å². The van der Waals surface area contributed by atoms with Gasteiger partial charge in [-0.3, -0.25) is 0 Å². The molecule has 0 unspecified atom stereocenters. The van der Waals surface area contributed by atoms with Crippen molar-refractivity contribution in [3.63, 3.8) is 0 Å². The van der Waals surface area contributed by atoms with Gasteiger partial charge in [-0.25, -0.2) is 4.79 Å². The third-order valence-corrected chi connectivity index (χ3v) is 2.52. The molecule has 2 aromatic rings. The van der Waals surface area contributed by atoms with Gasteiger partial charge in [0.2, 0.25) is 0 Å². The van der Waals surface area contributed by atoms with Gasteiger partial charge in [0.15, 0.2) is 0 Å². The Kier molecular flexibility index (Phi) is 3.89. The predicted octanol–water partition coefficient (Wildman–Crippen LogP) is 2.64. The quantitative estimate of drug-likeness (QED) is 0.509. The molecule has 0 atom stereocenters. The molecular weight excluding hydrogens is 226 g/mol. The molecular formula is C15H13NO2. The van der Waals surface area contributed by atoms with Crippen molar-refractivity contribution < 1.29 is 9.63 Å². The Morgan fingerprint density at radius 1 is 0.944 bits per heavy atom. The average molecular weight is 239 g/mol. The summed E-state index contributed by atoms with van der Waals surface area (Å²) < 4.78 is 0. The Hall–Kier alpha value is -2.39. The lowest BCUT2D eigenvalue weighted by atomic mass is 10.0. The van der Waals surface area contributed by atoms with Gasteiger partial charge in [0.05, 0.1) is 5.57 Å². The molecule has 2 aromatic carbocycles. The monoisotopic (exact) mass is 239 g/mol. The second-order valence-electron chi connectivity index (χ2n) is 3.74. The van der Waals surface area contributed by atoms with Crippen LogP contribution in [0, 0.1) is 0 Å². The molecule has 0 radical (unpaired) electrons. The molecule has 0 bridgehead atoms. The number of carbonyl (C=O) groups is 1. The Labute approximate surface area is 105 Å². The highest BCUT2D eigenvalue weighted by Crippen LogP contribution is 2.19. The van der Waals surface area contributed by atoms with Crippen molar-refractivity contribution >= 4 is 17.6 Å². The fourth-order valence-electron chi connectivity index (χ4n) is 1.66. The van der Waals surface area contributed by atoms with Gasteiger partial charge in [-0.05, 0) is 17.2 Å². The van der Waals surface area contributed by atoms with E-state index in [4.69, 9.17) is 5.90 Å². The van der Waals surface area contributed by atoms with Gasteiger partial charge in [0, 0.05) is 0 Å². The van der Waals surface area contributed by atoms with Crippen LogP contribution in [0.3, 0.4) is 0 Å². The summed E-state index contributed by atoms with van der Waals surface area (Å²) in [6, 6.07) is 18.8. The fourth-order valence-corrected chi connectivity index (χ4v) is 1.66. The first-order valence-electron chi connectivity index (χ1n) is 5.54. The van der Waals surface area contributed by atoms with Gasteiger partial charge in [0.25, 0.3) is 0 Å². The molecule has 0 saturated heterocycles. The Morgan fingerprint density at radius 2 is 1.50 bits per heavy atom. The zero-order valence-corrected chi connectivity index (χ0v) is 9.74. The minimum Gasteiger partial charge on any atom is -0.370 e. The minimum atomic E-state index is -0.551. The van der Waals surface area contributed by atoms with E-state index in [0.29, 0.717) is 5.57 Å². The van der Waals surface area contributed by atoms with Crippen LogP contribution in [0.2, 0.25) is 0 Å². The summed E-state index contributed by atoms with van der Waals surface area (Å²) >= 11 is 0. The van der Waals surface area contributed by atoms with E-state index in [1.54, 1.807) is 6.08 Å². The molecule has 2 rings (SSSR count). The lowest BCUT2D eigenvalue weighted by Crippen LogP contribution is -2.11. The SMILES string of the molecule is NOC(=O)/C(=C/c1ccccc1)c1ccccc1. The van der Waals surface area contributed by atoms with Gasteiger partial charge in [0.1, 0.15) is 0 Å². The number of hydrogen-bond donors (Lipinski definition) is 1.